The predicted molar refractivity (Wildman–Crippen MR) is 110 cm³/mol. The van der Waals surface area contributed by atoms with Crippen molar-refractivity contribution in [1.29, 1.82) is 0 Å². The van der Waals surface area contributed by atoms with E-state index in [9.17, 15) is 10.0 Å². The van der Waals surface area contributed by atoms with Crippen LogP contribution in [0.1, 0.15) is 16.7 Å². The minimum absolute atomic E-state index is 0.249. The molecule has 0 radical (unpaired) electrons. The molecule has 3 rings (SSSR count). The van der Waals surface area contributed by atoms with E-state index in [1.54, 1.807) is 6.08 Å². The summed E-state index contributed by atoms with van der Waals surface area (Å²) in [5.41, 5.74) is 3.04. The first-order valence-electron chi connectivity index (χ1n) is 9.20. The molecule has 0 atom stereocenters. The number of carbonyl (C=O) groups excluding carboxylic acids is 1. The number of carbonyl (C=O) groups is 1. The molecule has 0 saturated carbocycles. The van der Waals surface area contributed by atoms with Crippen LogP contribution in [-0.4, -0.2) is 22.7 Å². The molecule has 4 heteroatoms. The van der Waals surface area contributed by atoms with Crippen molar-refractivity contribution in [3.05, 3.63) is 108 Å². The van der Waals surface area contributed by atoms with Crippen molar-refractivity contribution in [3.63, 3.8) is 0 Å². The second kappa shape index (κ2) is 10.1. The first-order valence-corrected chi connectivity index (χ1v) is 9.20. The summed E-state index contributed by atoms with van der Waals surface area (Å²) in [4.78, 5) is 12.0. The molecule has 1 N–H and O–H groups in total. The van der Waals surface area contributed by atoms with Gasteiger partial charge in [-0.05, 0) is 41.3 Å². The van der Waals surface area contributed by atoms with Crippen molar-refractivity contribution in [1.82, 2.24) is 5.06 Å². The molecule has 0 fully saturated rings. The smallest absolute Gasteiger partial charge is 0.269 e. The molecule has 142 valence electrons. The van der Waals surface area contributed by atoms with Crippen LogP contribution in [0.5, 0.6) is 5.75 Å². The van der Waals surface area contributed by atoms with Crippen molar-refractivity contribution >= 4 is 12.0 Å². The third-order valence-corrected chi connectivity index (χ3v) is 4.26. The molecule has 0 heterocycles. The topological polar surface area (TPSA) is 49.8 Å². The Hall–Kier alpha value is -3.37. The van der Waals surface area contributed by atoms with Gasteiger partial charge in [-0.15, -0.1) is 0 Å². The third kappa shape index (κ3) is 6.11. The summed E-state index contributed by atoms with van der Waals surface area (Å²) in [5.74, 6) is 0.319. The number of rotatable bonds is 8. The molecule has 0 aliphatic heterocycles. The van der Waals surface area contributed by atoms with Gasteiger partial charge in [0.05, 0.1) is 6.54 Å². The fraction of sp³-hybridized carbons (Fsp3) is 0.125. The van der Waals surface area contributed by atoms with Gasteiger partial charge < -0.3 is 4.74 Å². The summed E-state index contributed by atoms with van der Waals surface area (Å²) in [6.07, 6.45) is 3.64. The lowest BCUT2D eigenvalue weighted by molar-refractivity contribution is -0.158. The van der Waals surface area contributed by atoms with E-state index in [0.29, 0.717) is 13.0 Å². The van der Waals surface area contributed by atoms with E-state index in [0.717, 1.165) is 27.5 Å². The molecule has 0 bridgehead atoms. The SMILES string of the molecule is O=C(/C=C/c1ccc(OCc2ccccc2)cc1)N(O)CCc1ccccc1. The van der Waals surface area contributed by atoms with E-state index < -0.39 is 5.91 Å². The highest BCUT2D eigenvalue weighted by molar-refractivity contribution is 5.90. The number of amides is 1. The van der Waals surface area contributed by atoms with Crippen LogP contribution in [0.25, 0.3) is 6.08 Å². The zero-order valence-electron chi connectivity index (χ0n) is 15.6. The second-order valence-electron chi connectivity index (χ2n) is 6.37. The van der Waals surface area contributed by atoms with E-state index in [1.807, 2.05) is 84.9 Å². The van der Waals surface area contributed by atoms with Gasteiger partial charge in [-0.2, -0.15) is 0 Å². The van der Waals surface area contributed by atoms with E-state index in [4.69, 9.17) is 4.74 Å². The van der Waals surface area contributed by atoms with Crippen LogP contribution in [0.4, 0.5) is 0 Å². The maximum absolute atomic E-state index is 12.0. The average Bonchev–Trinajstić information content (AvgIpc) is 2.76. The zero-order valence-corrected chi connectivity index (χ0v) is 15.6. The normalized spacial score (nSPS) is 10.8. The number of hydrogen-bond acceptors (Lipinski definition) is 3. The van der Waals surface area contributed by atoms with Crippen molar-refractivity contribution in [2.45, 2.75) is 13.0 Å². The Balaban J connectivity index is 1.47. The van der Waals surface area contributed by atoms with E-state index in [-0.39, 0.29) is 6.54 Å². The fourth-order valence-corrected chi connectivity index (χ4v) is 2.66. The van der Waals surface area contributed by atoms with E-state index >= 15 is 0 Å². The molecule has 0 aliphatic carbocycles. The largest absolute Gasteiger partial charge is 0.489 e. The van der Waals surface area contributed by atoms with Crippen molar-refractivity contribution in [3.8, 4) is 5.75 Å². The number of hydrogen-bond donors (Lipinski definition) is 1. The lowest BCUT2D eigenvalue weighted by Gasteiger charge is -2.12. The van der Waals surface area contributed by atoms with Gasteiger partial charge in [0.15, 0.2) is 0 Å². The predicted octanol–water partition coefficient (Wildman–Crippen LogP) is 4.74. The Morgan fingerprint density at radius 3 is 2.11 bits per heavy atom. The van der Waals surface area contributed by atoms with E-state index in [2.05, 4.69) is 0 Å². The van der Waals surface area contributed by atoms with Crippen molar-refractivity contribution in [2.75, 3.05) is 6.54 Å². The molecule has 0 spiro atoms. The monoisotopic (exact) mass is 373 g/mol. The Labute approximate surface area is 165 Å². The molecule has 3 aromatic carbocycles. The van der Waals surface area contributed by atoms with Gasteiger partial charge in [0.25, 0.3) is 5.91 Å². The highest BCUT2D eigenvalue weighted by atomic mass is 16.5. The van der Waals surface area contributed by atoms with Crippen molar-refractivity contribution in [2.24, 2.45) is 0 Å². The average molecular weight is 373 g/mol. The highest BCUT2D eigenvalue weighted by Crippen LogP contribution is 2.15. The number of nitrogens with zero attached hydrogens (tertiary/aromatic N) is 1. The Morgan fingerprint density at radius 1 is 0.857 bits per heavy atom. The number of benzene rings is 3. The highest BCUT2D eigenvalue weighted by Gasteiger charge is 2.07. The Bertz CT molecular complexity index is 890. The van der Waals surface area contributed by atoms with Crippen LogP contribution < -0.4 is 4.74 Å². The van der Waals surface area contributed by atoms with Gasteiger partial charge in [-0.3, -0.25) is 10.0 Å². The lowest BCUT2D eigenvalue weighted by atomic mass is 10.1. The summed E-state index contributed by atoms with van der Waals surface area (Å²) in [6.45, 7) is 0.759. The standard InChI is InChI=1S/C24H23NO3/c26-24(25(27)18-17-20-7-3-1-4-8-20)16-13-21-11-14-23(15-12-21)28-19-22-9-5-2-6-10-22/h1-16,27H,17-19H2/b16-13+. The van der Waals surface area contributed by atoms with Crippen LogP contribution >= 0.6 is 0 Å². The first kappa shape index (κ1) is 19.4. The van der Waals surface area contributed by atoms with Crippen LogP contribution in [-0.2, 0) is 17.8 Å². The summed E-state index contributed by atoms with van der Waals surface area (Å²) >= 11 is 0. The number of hydroxylamine groups is 2. The lowest BCUT2D eigenvalue weighted by Crippen LogP contribution is -2.27. The summed E-state index contributed by atoms with van der Waals surface area (Å²) in [5, 5.41) is 10.6. The van der Waals surface area contributed by atoms with Gasteiger partial charge in [-0.25, -0.2) is 5.06 Å². The molecule has 4 nitrogen and oxygen atoms in total. The van der Waals surface area contributed by atoms with Crippen LogP contribution in [0.15, 0.2) is 91.0 Å². The fourth-order valence-electron chi connectivity index (χ4n) is 2.66. The third-order valence-electron chi connectivity index (χ3n) is 4.26. The molecule has 0 aliphatic rings. The van der Waals surface area contributed by atoms with Gasteiger partial charge in [0, 0.05) is 6.08 Å². The molecule has 0 unspecified atom stereocenters. The van der Waals surface area contributed by atoms with Gasteiger partial charge in [-0.1, -0.05) is 72.8 Å². The van der Waals surface area contributed by atoms with Gasteiger partial charge in [0.2, 0.25) is 0 Å². The minimum Gasteiger partial charge on any atom is -0.489 e. The summed E-state index contributed by atoms with van der Waals surface area (Å²) in [7, 11) is 0. The molecule has 0 aromatic heterocycles. The maximum atomic E-state index is 12.0. The quantitative estimate of drug-likeness (QED) is 0.352. The molecule has 1 amide bonds. The molecule has 0 saturated heterocycles. The van der Waals surface area contributed by atoms with Crippen LogP contribution in [0.2, 0.25) is 0 Å². The number of ether oxygens (including phenoxy) is 1. The van der Waals surface area contributed by atoms with E-state index in [1.165, 1.54) is 6.08 Å². The Morgan fingerprint density at radius 2 is 1.46 bits per heavy atom. The molecule has 28 heavy (non-hydrogen) atoms. The first-order chi connectivity index (χ1) is 13.7. The minimum atomic E-state index is -0.444. The summed E-state index contributed by atoms with van der Waals surface area (Å²) < 4.78 is 5.75. The van der Waals surface area contributed by atoms with Crippen molar-refractivity contribution < 1.29 is 14.7 Å². The van der Waals surface area contributed by atoms with Crippen LogP contribution in [0.3, 0.4) is 0 Å². The molecule has 3 aromatic rings. The van der Waals surface area contributed by atoms with Gasteiger partial charge in [0.1, 0.15) is 12.4 Å². The Kier molecular flexibility index (Phi) is 6.99. The second-order valence-corrected chi connectivity index (χ2v) is 6.37. The maximum Gasteiger partial charge on any atom is 0.269 e. The summed E-state index contributed by atoms with van der Waals surface area (Å²) in [6, 6.07) is 27.2. The van der Waals surface area contributed by atoms with Gasteiger partial charge >= 0.3 is 0 Å². The molecular weight excluding hydrogens is 350 g/mol. The van der Waals surface area contributed by atoms with Crippen LogP contribution in [0, 0.1) is 0 Å². The zero-order chi connectivity index (χ0) is 19.6. The molecular formula is C24H23NO3.